The molecular weight excluding hydrogens is 214 g/mol. The fourth-order valence-corrected chi connectivity index (χ4v) is 1.91. The molecule has 0 aliphatic heterocycles. The van der Waals surface area contributed by atoms with E-state index in [2.05, 4.69) is 4.90 Å². The number of hydrogen-bond donors (Lipinski definition) is 2. The number of hydrogen-bond acceptors (Lipinski definition) is 4. The van der Waals surface area contributed by atoms with E-state index >= 15 is 0 Å². The lowest BCUT2D eigenvalue weighted by Gasteiger charge is -2.19. The van der Waals surface area contributed by atoms with Crippen LogP contribution in [0.25, 0.3) is 0 Å². The van der Waals surface area contributed by atoms with Crippen molar-refractivity contribution in [1.29, 1.82) is 5.41 Å². The van der Waals surface area contributed by atoms with E-state index < -0.39 is 9.84 Å². The molecule has 0 radical (unpaired) electrons. The molecule has 0 heterocycles. The molecule has 0 aromatic carbocycles. The van der Waals surface area contributed by atoms with Gasteiger partial charge < -0.3 is 10.6 Å². The third-order valence-corrected chi connectivity index (χ3v) is 3.16. The highest BCUT2D eigenvalue weighted by Crippen LogP contribution is 1.96. The summed E-state index contributed by atoms with van der Waals surface area (Å²) in [7, 11) is -2.85. The Morgan fingerprint density at radius 2 is 2.00 bits per heavy atom. The molecule has 0 saturated carbocycles. The molecule has 0 aromatic rings. The molecule has 90 valence electrons. The lowest BCUT2D eigenvalue weighted by molar-refractivity contribution is 0.297. The third kappa shape index (κ3) is 9.68. The summed E-state index contributed by atoms with van der Waals surface area (Å²) in [4.78, 5) is 2.10. The van der Waals surface area contributed by atoms with Gasteiger partial charge in [-0.25, -0.2) is 8.42 Å². The van der Waals surface area contributed by atoms with Crippen LogP contribution in [-0.4, -0.2) is 50.8 Å². The summed E-state index contributed by atoms with van der Waals surface area (Å²) < 4.78 is 21.8. The Balaban J connectivity index is 3.75. The molecule has 0 unspecified atom stereocenters. The van der Waals surface area contributed by atoms with Gasteiger partial charge in [-0.15, -0.1) is 0 Å². The van der Waals surface area contributed by atoms with Crippen LogP contribution >= 0.6 is 0 Å². The summed E-state index contributed by atoms with van der Waals surface area (Å²) in [5.74, 6) is 0.403. The van der Waals surface area contributed by atoms with E-state index in [0.717, 1.165) is 19.6 Å². The summed E-state index contributed by atoms with van der Waals surface area (Å²) >= 11 is 0. The van der Waals surface area contributed by atoms with Gasteiger partial charge in [-0.3, -0.25) is 5.41 Å². The van der Waals surface area contributed by atoms with Gasteiger partial charge in [0.05, 0.1) is 11.6 Å². The Morgan fingerprint density at radius 1 is 1.40 bits per heavy atom. The van der Waals surface area contributed by atoms with E-state index in [9.17, 15) is 8.42 Å². The van der Waals surface area contributed by atoms with Gasteiger partial charge in [-0.2, -0.15) is 0 Å². The van der Waals surface area contributed by atoms with E-state index in [1.165, 1.54) is 6.26 Å². The van der Waals surface area contributed by atoms with Crippen LogP contribution in [0.5, 0.6) is 0 Å². The quantitative estimate of drug-likeness (QED) is 0.460. The normalized spacial score (nSPS) is 11.9. The molecule has 0 bridgehead atoms. The molecule has 0 amide bonds. The molecule has 0 atom stereocenters. The molecule has 0 spiro atoms. The van der Waals surface area contributed by atoms with E-state index in [-0.39, 0.29) is 11.6 Å². The second kappa shape index (κ2) is 6.79. The van der Waals surface area contributed by atoms with Gasteiger partial charge in [-0.1, -0.05) is 6.92 Å². The van der Waals surface area contributed by atoms with Crippen LogP contribution in [0.15, 0.2) is 0 Å². The second-order valence-corrected chi connectivity index (χ2v) is 5.95. The van der Waals surface area contributed by atoms with Crippen molar-refractivity contribution in [3.63, 3.8) is 0 Å². The summed E-state index contributed by atoms with van der Waals surface area (Å²) in [5, 5.41) is 7.09. The second-order valence-electron chi connectivity index (χ2n) is 3.69. The SMILES string of the molecule is CCN(CCCS(C)(=O)=O)CCC(=N)N. The highest BCUT2D eigenvalue weighted by Gasteiger charge is 2.06. The molecule has 15 heavy (non-hydrogen) atoms. The average Bonchev–Trinajstić information content (AvgIpc) is 2.08. The first-order valence-corrected chi connectivity index (χ1v) is 7.14. The number of nitrogens with zero attached hydrogens (tertiary/aromatic N) is 1. The maximum absolute atomic E-state index is 10.9. The van der Waals surface area contributed by atoms with Crippen LogP contribution in [0.1, 0.15) is 19.8 Å². The molecule has 0 aromatic heterocycles. The summed E-state index contributed by atoms with van der Waals surface area (Å²) in [6, 6.07) is 0. The first kappa shape index (κ1) is 14.4. The molecule has 0 aliphatic carbocycles. The molecule has 0 aliphatic rings. The topological polar surface area (TPSA) is 87.2 Å². The van der Waals surface area contributed by atoms with Crippen LogP contribution in [0.2, 0.25) is 0 Å². The molecule has 6 heteroatoms. The van der Waals surface area contributed by atoms with Gasteiger partial charge in [0.2, 0.25) is 0 Å². The van der Waals surface area contributed by atoms with Gasteiger partial charge in [0, 0.05) is 19.2 Å². The van der Waals surface area contributed by atoms with E-state index in [4.69, 9.17) is 11.1 Å². The number of rotatable bonds is 8. The number of nitrogens with two attached hydrogens (primary N) is 1. The average molecular weight is 235 g/mol. The smallest absolute Gasteiger partial charge is 0.147 e. The first-order valence-electron chi connectivity index (χ1n) is 5.08. The van der Waals surface area contributed by atoms with Crippen molar-refractivity contribution in [3.05, 3.63) is 0 Å². The molecule has 0 fully saturated rings. The minimum Gasteiger partial charge on any atom is -0.388 e. The minimum atomic E-state index is -2.85. The van der Waals surface area contributed by atoms with E-state index in [1.807, 2.05) is 6.92 Å². The van der Waals surface area contributed by atoms with Gasteiger partial charge in [-0.05, 0) is 19.5 Å². The largest absolute Gasteiger partial charge is 0.388 e. The van der Waals surface area contributed by atoms with Crippen LogP contribution in [0.3, 0.4) is 0 Å². The van der Waals surface area contributed by atoms with Crippen molar-refractivity contribution in [2.24, 2.45) is 5.73 Å². The van der Waals surface area contributed by atoms with Crippen LogP contribution in [-0.2, 0) is 9.84 Å². The molecule has 0 saturated heterocycles. The maximum atomic E-state index is 10.9. The van der Waals surface area contributed by atoms with E-state index in [1.54, 1.807) is 0 Å². The van der Waals surface area contributed by atoms with Crippen LogP contribution < -0.4 is 5.73 Å². The Kier molecular flexibility index (Phi) is 6.51. The Bertz CT molecular complexity index is 288. The molecule has 5 nitrogen and oxygen atoms in total. The summed E-state index contributed by atoms with van der Waals surface area (Å²) in [5.41, 5.74) is 5.25. The standard InChI is InChI=1S/C9H21N3O2S/c1-3-12(7-5-9(10)11)6-4-8-15(2,13)14/h3-8H2,1-2H3,(H3,10,11). The van der Waals surface area contributed by atoms with Crippen molar-refractivity contribution in [3.8, 4) is 0 Å². The van der Waals surface area contributed by atoms with Gasteiger partial charge in [0.1, 0.15) is 9.84 Å². The van der Waals surface area contributed by atoms with Crippen LogP contribution in [0, 0.1) is 5.41 Å². The molecule has 3 N–H and O–H groups in total. The van der Waals surface area contributed by atoms with Crippen molar-refractivity contribution in [2.45, 2.75) is 19.8 Å². The van der Waals surface area contributed by atoms with Crippen molar-refractivity contribution in [1.82, 2.24) is 4.90 Å². The monoisotopic (exact) mass is 235 g/mol. The van der Waals surface area contributed by atoms with Crippen molar-refractivity contribution in [2.75, 3.05) is 31.6 Å². The van der Waals surface area contributed by atoms with Crippen molar-refractivity contribution < 1.29 is 8.42 Å². The number of nitrogens with one attached hydrogen (secondary N) is 1. The van der Waals surface area contributed by atoms with Crippen LogP contribution in [0.4, 0.5) is 0 Å². The summed E-state index contributed by atoms with van der Waals surface area (Å²) in [6.45, 7) is 4.35. The highest BCUT2D eigenvalue weighted by atomic mass is 32.2. The molecular formula is C9H21N3O2S. The Hall–Kier alpha value is -0.620. The zero-order valence-electron chi connectivity index (χ0n) is 9.49. The predicted molar refractivity (Wildman–Crippen MR) is 63.0 cm³/mol. The number of sulfone groups is 1. The Morgan fingerprint density at radius 3 is 2.40 bits per heavy atom. The zero-order chi connectivity index (χ0) is 11.9. The van der Waals surface area contributed by atoms with Crippen molar-refractivity contribution >= 4 is 15.7 Å². The fraction of sp³-hybridized carbons (Fsp3) is 0.889. The summed E-state index contributed by atoms with van der Waals surface area (Å²) in [6.07, 6.45) is 2.44. The lowest BCUT2D eigenvalue weighted by Crippen LogP contribution is -2.29. The predicted octanol–water partition coefficient (Wildman–Crippen LogP) is 0.0691. The Labute approximate surface area is 92.1 Å². The van der Waals surface area contributed by atoms with Gasteiger partial charge in [0.15, 0.2) is 0 Å². The third-order valence-electron chi connectivity index (χ3n) is 2.13. The fourth-order valence-electron chi connectivity index (χ4n) is 1.26. The lowest BCUT2D eigenvalue weighted by atomic mass is 10.3. The molecule has 0 rings (SSSR count). The highest BCUT2D eigenvalue weighted by molar-refractivity contribution is 7.90. The minimum absolute atomic E-state index is 0.177. The van der Waals surface area contributed by atoms with Gasteiger partial charge >= 0.3 is 0 Å². The van der Waals surface area contributed by atoms with Gasteiger partial charge in [0.25, 0.3) is 0 Å². The van der Waals surface area contributed by atoms with E-state index in [0.29, 0.717) is 12.8 Å². The zero-order valence-corrected chi connectivity index (χ0v) is 10.3. The first-order chi connectivity index (χ1) is 6.85. The number of amidine groups is 1. The maximum Gasteiger partial charge on any atom is 0.147 e.